The van der Waals surface area contributed by atoms with Crippen molar-refractivity contribution in [1.29, 1.82) is 0 Å². The highest BCUT2D eigenvalue weighted by Gasteiger charge is 2.25. The first-order valence-corrected chi connectivity index (χ1v) is 9.15. The minimum Gasteiger partial charge on any atom is -0.478 e. The Balaban J connectivity index is 2.15. The van der Waals surface area contributed by atoms with Crippen LogP contribution in [-0.4, -0.2) is 40.4 Å². The van der Waals surface area contributed by atoms with Gasteiger partial charge in [0.15, 0.2) is 6.29 Å². The van der Waals surface area contributed by atoms with Crippen LogP contribution in [0, 0.1) is 5.92 Å². The number of fused-ring (bicyclic) bond motifs is 1. The zero-order valence-corrected chi connectivity index (χ0v) is 15.4. The van der Waals surface area contributed by atoms with Crippen molar-refractivity contribution in [2.24, 2.45) is 5.92 Å². The number of carbonyl (C=O) groups is 4. The third-order valence-corrected chi connectivity index (χ3v) is 5.38. The van der Waals surface area contributed by atoms with Gasteiger partial charge < -0.3 is 15.5 Å². The maximum Gasteiger partial charge on any atom is 0.336 e. The van der Waals surface area contributed by atoms with Crippen molar-refractivity contribution in [3.05, 3.63) is 46.5 Å². The SMILES string of the molecule is CC1CCC(NC(=O)c2ccc(C(=O)O)c3c(C=O)ccc(C(=O)O)c23)CC1. The summed E-state index contributed by atoms with van der Waals surface area (Å²) in [6.45, 7) is 2.16. The number of carbonyl (C=O) groups excluding carboxylic acids is 2. The lowest BCUT2D eigenvalue weighted by Crippen LogP contribution is -2.37. The van der Waals surface area contributed by atoms with Crippen LogP contribution >= 0.6 is 0 Å². The number of aldehydes is 1. The van der Waals surface area contributed by atoms with Crippen molar-refractivity contribution in [3.8, 4) is 0 Å². The standard InChI is InChI=1S/C21H21NO6/c1-11-2-5-13(6-3-11)22-19(24)14-8-9-15(20(25)26)17-12(10-23)4-7-16(18(14)17)21(27)28/h4,7-11,13H,2-3,5-6H2,1H3,(H,22,24)(H,25,26)(H,27,28). The maximum atomic E-state index is 12.9. The Bertz CT molecular complexity index is 973. The molecule has 146 valence electrons. The van der Waals surface area contributed by atoms with Crippen LogP contribution in [0.25, 0.3) is 10.8 Å². The smallest absolute Gasteiger partial charge is 0.336 e. The number of rotatable bonds is 5. The van der Waals surface area contributed by atoms with Crippen molar-refractivity contribution >= 4 is 34.9 Å². The Morgan fingerprint density at radius 1 is 0.893 bits per heavy atom. The molecule has 1 saturated carbocycles. The van der Waals surface area contributed by atoms with Crippen molar-refractivity contribution in [1.82, 2.24) is 5.32 Å². The molecule has 2 aromatic carbocycles. The maximum absolute atomic E-state index is 12.9. The highest BCUT2D eigenvalue weighted by atomic mass is 16.4. The van der Waals surface area contributed by atoms with Gasteiger partial charge in [-0.2, -0.15) is 0 Å². The van der Waals surface area contributed by atoms with E-state index in [2.05, 4.69) is 12.2 Å². The zero-order chi connectivity index (χ0) is 20.4. The number of benzene rings is 2. The molecule has 0 aliphatic heterocycles. The molecule has 0 radical (unpaired) electrons. The van der Waals surface area contributed by atoms with Crippen molar-refractivity contribution < 1.29 is 29.4 Å². The first-order valence-electron chi connectivity index (χ1n) is 9.15. The van der Waals surface area contributed by atoms with Crippen LogP contribution in [0.3, 0.4) is 0 Å². The van der Waals surface area contributed by atoms with E-state index in [9.17, 15) is 29.4 Å². The van der Waals surface area contributed by atoms with Gasteiger partial charge in [-0.25, -0.2) is 9.59 Å². The average Bonchev–Trinajstić information content (AvgIpc) is 2.67. The van der Waals surface area contributed by atoms with E-state index < -0.39 is 17.8 Å². The van der Waals surface area contributed by atoms with E-state index in [1.165, 1.54) is 24.3 Å². The van der Waals surface area contributed by atoms with Gasteiger partial charge in [0.25, 0.3) is 5.91 Å². The van der Waals surface area contributed by atoms with Gasteiger partial charge >= 0.3 is 11.9 Å². The molecule has 0 spiro atoms. The summed E-state index contributed by atoms with van der Waals surface area (Å²) in [5.74, 6) is -2.46. The number of carboxylic acid groups (broad SMARTS) is 2. The van der Waals surface area contributed by atoms with Crippen LogP contribution in [-0.2, 0) is 0 Å². The van der Waals surface area contributed by atoms with E-state index in [1.54, 1.807) is 0 Å². The summed E-state index contributed by atoms with van der Waals surface area (Å²) in [5.41, 5.74) is -0.354. The van der Waals surface area contributed by atoms with E-state index in [1.807, 2.05) is 0 Å². The Morgan fingerprint density at radius 2 is 1.43 bits per heavy atom. The fourth-order valence-corrected chi connectivity index (χ4v) is 3.83. The minimum atomic E-state index is -1.30. The summed E-state index contributed by atoms with van der Waals surface area (Å²) in [7, 11) is 0. The molecule has 1 amide bonds. The predicted molar refractivity (Wildman–Crippen MR) is 102 cm³/mol. The van der Waals surface area contributed by atoms with Gasteiger partial charge in [-0.1, -0.05) is 13.0 Å². The molecule has 0 heterocycles. The number of carboxylic acids is 2. The van der Waals surface area contributed by atoms with Crippen molar-refractivity contribution in [3.63, 3.8) is 0 Å². The first-order chi connectivity index (χ1) is 13.3. The van der Waals surface area contributed by atoms with Gasteiger partial charge in [0.1, 0.15) is 0 Å². The second-order valence-corrected chi connectivity index (χ2v) is 7.27. The number of hydrogen-bond acceptors (Lipinski definition) is 4. The molecule has 7 nitrogen and oxygen atoms in total. The van der Waals surface area contributed by atoms with E-state index in [4.69, 9.17) is 0 Å². The molecular formula is C21H21NO6. The minimum absolute atomic E-state index is 0.0135. The van der Waals surface area contributed by atoms with E-state index in [-0.39, 0.29) is 39.1 Å². The van der Waals surface area contributed by atoms with Crippen LogP contribution < -0.4 is 5.32 Å². The molecule has 2 aromatic rings. The van der Waals surface area contributed by atoms with Crippen molar-refractivity contribution in [2.45, 2.75) is 38.6 Å². The fourth-order valence-electron chi connectivity index (χ4n) is 3.83. The van der Waals surface area contributed by atoms with Gasteiger partial charge in [-0.05, 0) is 49.8 Å². The largest absolute Gasteiger partial charge is 0.478 e. The van der Waals surface area contributed by atoms with Gasteiger partial charge in [0.05, 0.1) is 11.1 Å². The lowest BCUT2D eigenvalue weighted by molar-refractivity contribution is 0.0686. The van der Waals surface area contributed by atoms with Crippen LogP contribution in [0.2, 0.25) is 0 Å². The molecule has 1 aliphatic carbocycles. The topological polar surface area (TPSA) is 121 Å². The Morgan fingerprint density at radius 3 is 2.00 bits per heavy atom. The fraction of sp³-hybridized carbons (Fsp3) is 0.333. The second-order valence-electron chi connectivity index (χ2n) is 7.27. The molecule has 0 unspecified atom stereocenters. The summed E-state index contributed by atoms with van der Waals surface area (Å²) in [5, 5.41) is 21.9. The zero-order valence-electron chi connectivity index (χ0n) is 15.4. The summed E-state index contributed by atoms with van der Waals surface area (Å²) in [4.78, 5) is 47.7. The van der Waals surface area contributed by atoms with Crippen molar-refractivity contribution in [2.75, 3.05) is 0 Å². The van der Waals surface area contributed by atoms with Crippen LogP contribution in [0.15, 0.2) is 24.3 Å². The third kappa shape index (κ3) is 3.60. The molecule has 0 saturated heterocycles. The normalized spacial score (nSPS) is 19.2. The molecular weight excluding hydrogens is 362 g/mol. The molecule has 3 rings (SSSR count). The number of hydrogen-bond donors (Lipinski definition) is 3. The molecule has 0 aromatic heterocycles. The number of amides is 1. The van der Waals surface area contributed by atoms with Crippen LogP contribution in [0.5, 0.6) is 0 Å². The van der Waals surface area contributed by atoms with Crippen LogP contribution in [0.4, 0.5) is 0 Å². The van der Waals surface area contributed by atoms with Gasteiger partial charge in [-0.3, -0.25) is 9.59 Å². The first kappa shape index (κ1) is 19.5. The van der Waals surface area contributed by atoms with Crippen LogP contribution in [0.1, 0.15) is 74.0 Å². The average molecular weight is 383 g/mol. The monoisotopic (exact) mass is 383 g/mol. The molecule has 1 fully saturated rings. The predicted octanol–water partition coefficient (Wildman–Crippen LogP) is 3.36. The quantitative estimate of drug-likeness (QED) is 0.681. The number of aromatic carboxylic acids is 2. The lowest BCUT2D eigenvalue weighted by atomic mass is 9.87. The number of nitrogens with one attached hydrogen (secondary N) is 1. The Kier molecular flexibility index (Phi) is 5.44. The van der Waals surface area contributed by atoms with Gasteiger partial charge in [0, 0.05) is 27.9 Å². The Hall–Kier alpha value is -3.22. The summed E-state index contributed by atoms with van der Waals surface area (Å²) in [6.07, 6.45) is 4.14. The molecule has 0 atom stereocenters. The van der Waals surface area contributed by atoms with E-state index in [0.717, 1.165) is 25.7 Å². The summed E-state index contributed by atoms with van der Waals surface area (Å²) in [6, 6.07) is 5.02. The Labute approximate surface area is 161 Å². The lowest BCUT2D eigenvalue weighted by Gasteiger charge is -2.27. The van der Waals surface area contributed by atoms with E-state index >= 15 is 0 Å². The van der Waals surface area contributed by atoms with Gasteiger partial charge in [-0.15, -0.1) is 0 Å². The molecule has 7 heteroatoms. The molecule has 0 bridgehead atoms. The molecule has 1 aliphatic rings. The summed E-state index contributed by atoms with van der Waals surface area (Å²) < 4.78 is 0. The van der Waals surface area contributed by atoms with E-state index in [0.29, 0.717) is 12.2 Å². The molecule has 3 N–H and O–H groups in total. The van der Waals surface area contributed by atoms with Gasteiger partial charge in [0.2, 0.25) is 0 Å². The highest BCUT2D eigenvalue weighted by molar-refractivity contribution is 6.21. The highest BCUT2D eigenvalue weighted by Crippen LogP contribution is 2.30. The summed E-state index contributed by atoms with van der Waals surface area (Å²) >= 11 is 0. The molecule has 28 heavy (non-hydrogen) atoms. The second kappa shape index (κ2) is 7.80. The third-order valence-electron chi connectivity index (χ3n) is 5.38.